The number of fused-ring (bicyclic) bond motifs is 3. The SMILES string of the molecule is O=C1N[C@@H]2CNC[C@H]2c2ccccc21. The minimum Gasteiger partial charge on any atom is -0.347 e. The number of rotatable bonds is 0. The fourth-order valence-electron chi connectivity index (χ4n) is 2.43. The maximum atomic E-state index is 11.7. The molecule has 1 fully saturated rings. The predicted molar refractivity (Wildman–Crippen MR) is 53.3 cm³/mol. The van der Waals surface area contributed by atoms with Crippen molar-refractivity contribution < 1.29 is 4.79 Å². The molecule has 0 aliphatic carbocycles. The van der Waals surface area contributed by atoms with Crippen LogP contribution in [0.4, 0.5) is 0 Å². The van der Waals surface area contributed by atoms with Crippen molar-refractivity contribution in [1.82, 2.24) is 10.6 Å². The lowest BCUT2D eigenvalue weighted by Gasteiger charge is -2.27. The van der Waals surface area contributed by atoms with Crippen LogP contribution in [0.3, 0.4) is 0 Å². The van der Waals surface area contributed by atoms with Gasteiger partial charge in [0.05, 0.1) is 0 Å². The molecule has 1 saturated heterocycles. The van der Waals surface area contributed by atoms with Crippen LogP contribution in [0.2, 0.25) is 0 Å². The van der Waals surface area contributed by atoms with E-state index in [1.54, 1.807) is 0 Å². The molecule has 0 bridgehead atoms. The standard InChI is InChI=1S/C11H12N2O/c14-11-8-4-2-1-3-7(8)9-5-12-6-10(9)13-11/h1-4,9-10,12H,5-6H2,(H,13,14)/t9-,10+/m0/s1. The van der Waals surface area contributed by atoms with Gasteiger partial charge in [0.2, 0.25) is 0 Å². The van der Waals surface area contributed by atoms with E-state index < -0.39 is 0 Å². The second-order valence-corrected chi connectivity index (χ2v) is 3.93. The van der Waals surface area contributed by atoms with Crippen LogP contribution in [0.5, 0.6) is 0 Å². The van der Waals surface area contributed by atoms with E-state index in [1.807, 2.05) is 18.2 Å². The van der Waals surface area contributed by atoms with E-state index in [0.717, 1.165) is 18.7 Å². The maximum absolute atomic E-state index is 11.7. The summed E-state index contributed by atoms with van der Waals surface area (Å²) in [6, 6.07) is 8.18. The van der Waals surface area contributed by atoms with E-state index >= 15 is 0 Å². The van der Waals surface area contributed by atoms with Gasteiger partial charge < -0.3 is 10.6 Å². The van der Waals surface area contributed by atoms with Gasteiger partial charge in [0.1, 0.15) is 0 Å². The summed E-state index contributed by atoms with van der Waals surface area (Å²) < 4.78 is 0. The molecule has 1 aromatic carbocycles. The number of hydrogen-bond donors (Lipinski definition) is 2. The topological polar surface area (TPSA) is 41.1 Å². The normalized spacial score (nSPS) is 29.3. The van der Waals surface area contributed by atoms with Crippen LogP contribution >= 0.6 is 0 Å². The van der Waals surface area contributed by atoms with Gasteiger partial charge in [0.25, 0.3) is 5.91 Å². The predicted octanol–water partition coefficient (Wildman–Crippen LogP) is 0.485. The molecule has 2 aliphatic rings. The number of carbonyl (C=O) groups is 1. The molecule has 3 nitrogen and oxygen atoms in total. The Bertz CT molecular complexity index is 389. The lowest BCUT2D eigenvalue weighted by atomic mass is 9.86. The third-order valence-electron chi connectivity index (χ3n) is 3.14. The largest absolute Gasteiger partial charge is 0.347 e. The molecule has 72 valence electrons. The van der Waals surface area contributed by atoms with E-state index in [9.17, 15) is 4.79 Å². The average Bonchev–Trinajstić information content (AvgIpc) is 2.66. The molecular formula is C11H12N2O. The van der Waals surface area contributed by atoms with Crippen LogP contribution in [0, 0.1) is 0 Å². The Labute approximate surface area is 82.5 Å². The summed E-state index contributed by atoms with van der Waals surface area (Å²) in [5.74, 6) is 0.537. The second-order valence-electron chi connectivity index (χ2n) is 3.93. The van der Waals surface area contributed by atoms with Crippen molar-refractivity contribution >= 4 is 5.91 Å². The number of nitrogens with one attached hydrogen (secondary N) is 2. The quantitative estimate of drug-likeness (QED) is 0.622. The van der Waals surface area contributed by atoms with Crippen molar-refractivity contribution in [2.24, 2.45) is 0 Å². The molecule has 2 heterocycles. The molecule has 2 atom stereocenters. The Morgan fingerprint density at radius 1 is 1.21 bits per heavy atom. The molecule has 3 heteroatoms. The number of carbonyl (C=O) groups excluding carboxylic acids is 1. The van der Waals surface area contributed by atoms with E-state index in [2.05, 4.69) is 16.7 Å². The highest BCUT2D eigenvalue weighted by Gasteiger charge is 2.36. The Morgan fingerprint density at radius 3 is 3.00 bits per heavy atom. The zero-order valence-corrected chi connectivity index (χ0v) is 7.79. The Kier molecular flexibility index (Phi) is 1.61. The third kappa shape index (κ3) is 0.990. The van der Waals surface area contributed by atoms with Crippen LogP contribution in [-0.4, -0.2) is 25.0 Å². The third-order valence-corrected chi connectivity index (χ3v) is 3.14. The molecule has 3 rings (SSSR count). The lowest BCUT2D eigenvalue weighted by Crippen LogP contribution is -2.44. The Morgan fingerprint density at radius 2 is 2.07 bits per heavy atom. The van der Waals surface area contributed by atoms with Gasteiger partial charge in [-0.3, -0.25) is 4.79 Å². The van der Waals surface area contributed by atoms with E-state index in [4.69, 9.17) is 0 Å². The van der Waals surface area contributed by atoms with Crippen molar-refractivity contribution in [3.05, 3.63) is 35.4 Å². The van der Waals surface area contributed by atoms with Gasteiger partial charge in [-0.05, 0) is 11.6 Å². The number of benzene rings is 1. The molecule has 0 unspecified atom stereocenters. The zero-order valence-electron chi connectivity index (χ0n) is 7.79. The summed E-state index contributed by atoms with van der Waals surface area (Å²) in [6.07, 6.45) is 0. The monoisotopic (exact) mass is 188 g/mol. The fraction of sp³-hybridized carbons (Fsp3) is 0.364. The molecule has 14 heavy (non-hydrogen) atoms. The second kappa shape index (κ2) is 2.82. The van der Waals surface area contributed by atoms with Crippen LogP contribution in [0.25, 0.3) is 0 Å². The Balaban J connectivity index is 2.13. The maximum Gasteiger partial charge on any atom is 0.251 e. The molecule has 1 aromatic rings. The van der Waals surface area contributed by atoms with Gasteiger partial charge in [0, 0.05) is 30.6 Å². The van der Waals surface area contributed by atoms with Crippen molar-refractivity contribution in [3.8, 4) is 0 Å². The molecule has 0 spiro atoms. The van der Waals surface area contributed by atoms with Crippen molar-refractivity contribution in [2.75, 3.05) is 13.1 Å². The smallest absolute Gasteiger partial charge is 0.251 e. The number of hydrogen-bond acceptors (Lipinski definition) is 2. The fourth-order valence-corrected chi connectivity index (χ4v) is 2.43. The molecule has 0 aromatic heterocycles. The molecule has 0 radical (unpaired) electrons. The van der Waals surface area contributed by atoms with Crippen molar-refractivity contribution in [2.45, 2.75) is 12.0 Å². The first-order valence-corrected chi connectivity index (χ1v) is 4.97. The minimum absolute atomic E-state index is 0.0746. The summed E-state index contributed by atoms with van der Waals surface area (Å²) in [6.45, 7) is 1.87. The lowest BCUT2D eigenvalue weighted by molar-refractivity contribution is 0.0924. The first-order chi connectivity index (χ1) is 6.86. The van der Waals surface area contributed by atoms with Gasteiger partial charge in [-0.15, -0.1) is 0 Å². The van der Waals surface area contributed by atoms with Crippen LogP contribution in [-0.2, 0) is 0 Å². The summed E-state index contributed by atoms with van der Waals surface area (Å²) in [4.78, 5) is 11.7. The summed E-state index contributed by atoms with van der Waals surface area (Å²) >= 11 is 0. The highest BCUT2D eigenvalue weighted by molar-refractivity contribution is 5.97. The molecule has 1 amide bonds. The van der Waals surface area contributed by atoms with E-state index in [1.165, 1.54) is 5.56 Å². The first-order valence-electron chi connectivity index (χ1n) is 4.97. The van der Waals surface area contributed by atoms with E-state index in [-0.39, 0.29) is 11.9 Å². The van der Waals surface area contributed by atoms with Gasteiger partial charge >= 0.3 is 0 Å². The van der Waals surface area contributed by atoms with Crippen molar-refractivity contribution in [3.63, 3.8) is 0 Å². The van der Waals surface area contributed by atoms with Gasteiger partial charge in [-0.25, -0.2) is 0 Å². The van der Waals surface area contributed by atoms with Crippen LogP contribution < -0.4 is 10.6 Å². The molecule has 2 aliphatic heterocycles. The minimum atomic E-state index is 0.0746. The summed E-state index contributed by atoms with van der Waals surface area (Å²) in [5, 5.41) is 6.34. The summed E-state index contributed by atoms with van der Waals surface area (Å²) in [5.41, 5.74) is 2.05. The van der Waals surface area contributed by atoms with E-state index in [0.29, 0.717) is 5.92 Å². The average molecular weight is 188 g/mol. The molecular weight excluding hydrogens is 176 g/mol. The summed E-state index contributed by atoms with van der Waals surface area (Å²) in [7, 11) is 0. The van der Waals surface area contributed by atoms with Crippen molar-refractivity contribution in [1.29, 1.82) is 0 Å². The number of amides is 1. The highest BCUT2D eigenvalue weighted by atomic mass is 16.1. The molecule has 0 saturated carbocycles. The van der Waals surface area contributed by atoms with Crippen LogP contribution in [0.1, 0.15) is 21.8 Å². The van der Waals surface area contributed by atoms with Gasteiger partial charge in [-0.1, -0.05) is 18.2 Å². The highest BCUT2D eigenvalue weighted by Crippen LogP contribution is 2.29. The van der Waals surface area contributed by atoms with Gasteiger partial charge in [0.15, 0.2) is 0 Å². The zero-order chi connectivity index (χ0) is 9.54. The first kappa shape index (κ1) is 8.00. The Hall–Kier alpha value is -1.35. The van der Waals surface area contributed by atoms with Gasteiger partial charge in [-0.2, -0.15) is 0 Å². The molecule has 2 N–H and O–H groups in total. The van der Waals surface area contributed by atoms with Crippen LogP contribution in [0.15, 0.2) is 24.3 Å².